The van der Waals surface area contributed by atoms with E-state index in [4.69, 9.17) is 0 Å². The van der Waals surface area contributed by atoms with Gasteiger partial charge >= 0.3 is 0 Å². The molecule has 0 aliphatic carbocycles. The lowest BCUT2D eigenvalue weighted by Gasteiger charge is -2.14. The fraction of sp³-hybridized carbons (Fsp3) is 0.0769. The van der Waals surface area contributed by atoms with Crippen molar-refractivity contribution in [2.75, 3.05) is 5.32 Å². The summed E-state index contributed by atoms with van der Waals surface area (Å²) >= 11 is 1.37. The summed E-state index contributed by atoms with van der Waals surface area (Å²) in [5, 5.41) is 14.4. The number of carbonyl (C=O) groups excluding carboxylic acids is 1. The lowest BCUT2D eigenvalue weighted by molar-refractivity contribution is -0.115. The third-order valence-corrected chi connectivity index (χ3v) is 6.30. The minimum atomic E-state index is -0.381. The van der Waals surface area contributed by atoms with E-state index >= 15 is 0 Å². The van der Waals surface area contributed by atoms with Gasteiger partial charge in [0.2, 0.25) is 5.91 Å². The number of hydrogen-bond donors (Lipinski definition) is 1. The maximum Gasteiger partial charge on any atom is 0.237 e. The number of nitrogens with zero attached hydrogens (tertiary/aromatic N) is 4. The summed E-state index contributed by atoms with van der Waals surface area (Å²) in [6.45, 7) is 1.87. The molecule has 1 unspecified atom stereocenters. The molecule has 1 atom stereocenters. The molecular formula is C26H21N5OS. The molecule has 0 spiro atoms. The zero-order chi connectivity index (χ0) is 22.6. The fourth-order valence-corrected chi connectivity index (χ4v) is 4.43. The van der Waals surface area contributed by atoms with Crippen LogP contribution in [-0.2, 0) is 4.79 Å². The number of benzene rings is 3. The van der Waals surface area contributed by atoms with E-state index in [1.165, 1.54) is 11.8 Å². The van der Waals surface area contributed by atoms with Gasteiger partial charge in [-0.15, -0.1) is 10.2 Å². The second-order valence-corrected chi connectivity index (χ2v) is 8.83. The highest BCUT2D eigenvalue weighted by molar-refractivity contribution is 8.00. The molecule has 3 aromatic carbocycles. The Bertz CT molecular complexity index is 1400. The van der Waals surface area contributed by atoms with Gasteiger partial charge in [-0.3, -0.25) is 14.3 Å². The maximum atomic E-state index is 13.0. The normalized spacial score (nSPS) is 11.9. The van der Waals surface area contributed by atoms with Gasteiger partial charge in [0.1, 0.15) is 0 Å². The zero-order valence-electron chi connectivity index (χ0n) is 17.9. The smallest absolute Gasteiger partial charge is 0.237 e. The molecule has 162 valence electrons. The van der Waals surface area contributed by atoms with Crippen molar-refractivity contribution in [3.05, 3.63) is 97.3 Å². The average molecular weight is 452 g/mol. The van der Waals surface area contributed by atoms with Crippen molar-refractivity contribution in [3.63, 3.8) is 0 Å². The number of para-hydroxylation sites is 1. The van der Waals surface area contributed by atoms with Crippen molar-refractivity contribution in [2.45, 2.75) is 17.3 Å². The first-order valence-electron chi connectivity index (χ1n) is 10.6. The van der Waals surface area contributed by atoms with E-state index in [0.717, 1.165) is 27.7 Å². The third-order valence-electron chi connectivity index (χ3n) is 5.25. The average Bonchev–Trinajstić information content (AvgIpc) is 3.28. The molecule has 0 aliphatic rings. The number of rotatable bonds is 6. The Balaban J connectivity index is 1.41. The molecule has 5 aromatic rings. The van der Waals surface area contributed by atoms with Crippen LogP contribution in [0.3, 0.4) is 0 Å². The number of carbonyl (C=O) groups is 1. The van der Waals surface area contributed by atoms with Crippen molar-refractivity contribution in [1.82, 2.24) is 19.7 Å². The van der Waals surface area contributed by atoms with Crippen molar-refractivity contribution < 1.29 is 4.79 Å². The maximum absolute atomic E-state index is 13.0. The summed E-state index contributed by atoms with van der Waals surface area (Å²) in [5.74, 6) is 0.608. The van der Waals surface area contributed by atoms with Crippen LogP contribution in [0.15, 0.2) is 102 Å². The molecule has 2 heterocycles. The second-order valence-electron chi connectivity index (χ2n) is 7.52. The summed E-state index contributed by atoms with van der Waals surface area (Å²) < 4.78 is 1.97. The third kappa shape index (κ3) is 4.49. The summed E-state index contributed by atoms with van der Waals surface area (Å²) in [7, 11) is 0. The molecule has 0 saturated heterocycles. The first kappa shape index (κ1) is 20.9. The highest BCUT2D eigenvalue weighted by atomic mass is 32.2. The zero-order valence-corrected chi connectivity index (χ0v) is 18.7. The summed E-state index contributed by atoms with van der Waals surface area (Å²) in [5.41, 5.74) is 2.61. The fourth-order valence-electron chi connectivity index (χ4n) is 3.57. The molecule has 5 rings (SSSR count). The van der Waals surface area contributed by atoms with Crippen molar-refractivity contribution in [3.8, 4) is 17.1 Å². The standard InChI is InChI=1S/C26H21N5OS/c1-18(25(32)28-22-12-11-19-7-5-6-8-21(19)17-22)33-26-30-29-24(20-13-15-27-16-14-20)31(26)23-9-3-2-4-10-23/h2-18H,1H3,(H,28,32). The largest absolute Gasteiger partial charge is 0.325 e. The van der Waals surface area contributed by atoms with Gasteiger partial charge in [0.15, 0.2) is 11.0 Å². The SMILES string of the molecule is CC(Sc1nnc(-c2ccncc2)n1-c1ccccc1)C(=O)Nc1ccc2ccccc2c1. The van der Waals surface area contributed by atoms with Crippen molar-refractivity contribution in [2.24, 2.45) is 0 Å². The molecule has 1 N–H and O–H groups in total. The van der Waals surface area contributed by atoms with Gasteiger partial charge in [0.05, 0.1) is 5.25 Å². The van der Waals surface area contributed by atoms with E-state index < -0.39 is 0 Å². The highest BCUT2D eigenvalue weighted by Crippen LogP contribution is 2.30. The van der Waals surface area contributed by atoms with Gasteiger partial charge in [-0.1, -0.05) is 60.3 Å². The first-order chi connectivity index (χ1) is 16.2. The molecule has 1 amide bonds. The Morgan fingerprint density at radius 1 is 0.879 bits per heavy atom. The van der Waals surface area contributed by atoms with E-state index in [-0.39, 0.29) is 11.2 Å². The monoisotopic (exact) mass is 451 g/mol. The molecule has 6 nitrogen and oxygen atoms in total. The number of nitrogens with one attached hydrogen (secondary N) is 1. The quantitative estimate of drug-likeness (QED) is 0.340. The number of fused-ring (bicyclic) bond motifs is 1. The Hall–Kier alpha value is -3.97. The Kier molecular flexibility index (Phi) is 5.87. The van der Waals surface area contributed by atoms with Gasteiger partial charge in [0.25, 0.3) is 0 Å². The second kappa shape index (κ2) is 9.26. The van der Waals surface area contributed by atoms with Crippen LogP contribution in [0.5, 0.6) is 0 Å². The first-order valence-corrected chi connectivity index (χ1v) is 11.4. The summed E-state index contributed by atoms with van der Waals surface area (Å²) in [6.07, 6.45) is 3.46. The number of thioether (sulfide) groups is 1. The van der Waals surface area contributed by atoms with E-state index in [0.29, 0.717) is 11.0 Å². The van der Waals surface area contributed by atoms with E-state index in [1.54, 1.807) is 12.4 Å². The van der Waals surface area contributed by atoms with Crippen LogP contribution >= 0.6 is 11.8 Å². The molecule has 0 aliphatic heterocycles. The van der Waals surface area contributed by atoms with Gasteiger partial charge < -0.3 is 5.32 Å². The topological polar surface area (TPSA) is 72.7 Å². The van der Waals surface area contributed by atoms with Gasteiger partial charge in [-0.25, -0.2) is 0 Å². The molecule has 7 heteroatoms. The number of amides is 1. The number of anilines is 1. The van der Waals surface area contributed by atoms with Crippen LogP contribution in [-0.4, -0.2) is 30.9 Å². The van der Waals surface area contributed by atoms with Gasteiger partial charge in [-0.2, -0.15) is 0 Å². The van der Waals surface area contributed by atoms with Crippen LogP contribution in [0, 0.1) is 0 Å². The Labute approximate surface area is 195 Å². The van der Waals surface area contributed by atoms with Gasteiger partial charge in [0, 0.05) is 29.3 Å². The Morgan fingerprint density at radius 2 is 1.61 bits per heavy atom. The lowest BCUT2D eigenvalue weighted by atomic mass is 10.1. The minimum absolute atomic E-state index is 0.0941. The van der Waals surface area contributed by atoms with Crippen LogP contribution in [0.4, 0.5) is 5.69 Å². The highest BCUT2D eigenvalue weighted by Gasteiger charge is 2.22. The van der Waals surface area contributed by atoms with Crippen LogP contribution in [0.25, 0.3) is 27.8 Å². The number of aromatic nitrogens is 4. The molecule has 0 bridgehead atoms. The molecular weight excluding hydrogens is 430 g/mol. The minimum Gasteiger partial charge on any atom is -0.325 e. The van der Waals surface area contributed by atoms with Crippen molar-refractivity contribution >= 4 is 34.1 Å². The number of pyridine rings is 1. The van der Waals surface area contributed by atoms with Crippen LogP contribution in [0.2, 0.25) is 0 Å². The lowest BCUT2D eigenvalue weighted by Crippen LogP contribution is -2.22. The predicted octanol–water partition coefficient (Wildman–Crippen LogP) is 5.60. The predicted molar refractivity (Wildman–Crippen MR) is 132 cm³/mol. The molecule has 2 aromatic heterocycles. The van der Waals surface area contributed by atoms with Crippen LogP contribution < -0.4 is 5.32 Å². The molecule has 33 heavy (non-hydrogen) atoms. The van der Waals surface area contributed by atoms with E-state index in [9.17, 15) is 4.79 Å². The van der Waals surface area contributed by atoms with Gasteiger partial charge in [-0.05, 0) is 54.1 Å². The Morgan fingerprint density at radius 3 is 2.39 bits per heavy atom. The molecule has 0 saturated carbocycles. The molecule has 0 fully saturated rings. The molecule has 0 radical (unpaired) electrons. The summed E-state index contributed by atoms with van der Waals surface area (Å²) in [6, 6.07) is 27.7. The van der Waals surface area contributed by atoms with E-state index in [2.05, 4.69) is 26.6 Å². The number of hydrogen-bond acceptors (Lipinski definition) is 5. The van der Waals surface area contributed by atoms with Crippen molar-refractivity contribution in [1.29, 1.82) is 0 Å². The van der Waals surface area contributed by atoms with E-state index in [1.807, 2.05) is 90.4 Å². The summed E-state index contributed by atoms with van der Waals surface area (Å²) in [4.78, 5) is 17.1. The van der Waals surface area contributed by atoms with Crippen LogP contribution in [0.1, 0.15) is 6.92 Å².